The van der Waals surface area contributed by atoms with Gasteiger partial charge in [0.25, 0.3) is 0 Å². The summed E-state index contributed by atoms with van der Waals surface area (Å²) < 4.78 is 0. The minimum Gasteiger partial charge on any atom is -0.392 e. The summed E-state index contributed by atoms with van der Waals surface area (Å²) in [5.74, 6) is 1.12. The van der Waals surface area contributed by atoms with Crippen molar-refractivity contribution in [3.63, 3.8) is 0 Å². The van der Waals surface area contributed by atoms with Gasteiger partial charge in [-0.05, 0) is 11.8 Å². The van der Waals surface area contributed by atoms with E-state index < -0.39 is 0 Å². The van der Waals surface area contributed by atoms with Crippen LogP contribution in [0.5, 0.6) is 0 Å². The molecule has 0 saturated heterocycles. The molecule has 2 heteroatoms. The summed E-state index contributed by atoms with van der Waals surface area (Å²) in [6, 6.07) is 0. The van der Waals surface area contributed by atoms with E-state index in [2.05, 4.69) is 32.9 Å². The molecule has 11 heavy (non-hydrogen) atoms. The Bertz CT molecular complexity index is 161. The molecule has 0 radical (unpaired) electrons. The summed E-state index contributed by atoms with van der Waals surface area (Å²) in [7, 11) is 0. The molecule has 1 atom stereocenters. The van der Waals surface area contributed by atoms with Gasteiger partial charge in [0.2, 0.25) is 0 Å². The first-order valence-corrected chi connectivity index (χ1v) is 4.34. The first-order chi connectivity index (χ1) is 5.11. The van der Waals surface area contributed by atoms with Gasteiger partial charge in [-0.25, -0.2) is 0 Å². The average Bonchev–Trinajstić information content (AvgIpc) is 2.33. The molecule has 0 amide bonds. The zero-order valence-electron chi connectivity index (χ0n) is 7.79. The van der Waals surface area contributed by atoms with Gasteiger partial charge in [-0.2, -0.15) is 0 Å². The van der Waals surface area contributed by atoms with Crippen molar-refractivity contribution in [3.05, 3.63) is 0 Å². The highest BCUT2D eigenvalue weighted by Gasteiger charge is 2.25. The Labute approximate surface area is 68.6 Å². The van der Waals surface area contributed by atoms with Crippen LogP contribution in [-0.4, -0.2) is 11.8 Å². The Morgan fingerprint density at radius 1 is 1.36 bits per heavy atom. The first kappa shape index (κ1) is 8.57. The molecule has 0 N–H and O–H groups in total. The van der Waals surface area contributed by atoms with Crippen LogP contribution in [0.15, 0.2) is 5.16 Å². The highest BCUT2D eigenvalue weighted by Crippen LogP contribution is 2.21. The number of nitrogens with zero attached hydrogens (tertiary/aromatic N) is 1. The number of hydrogen-bond acceptors (Lipinski definition) is 2. The molecule has 1 aliphatic heterocycles. The lowest BCUT2D eigenvalue weighted by molar-refractivity contribution is 0.0521. The molecule has 0 spiro atoms. The van der Waals surface area contributed by atoms with Crippen molar-refractivity contribution in [1.82, 2.24) is 0 Å². The summed E-state index contributed by atoms with van der Waals surface area (Å²) in [6.45, 7) is 8.66. The number of hydrogen-bond donors (Lipinski definition) is 0. The van der Waals surface area contributed by atoms with E-state index in [1.54, 1.807) is 0 Å². The van der Waals surface area contributed by atoms with Crippen LogP contribution in [0.2, 0.25) is 0 Å². The molecule has 0 aliphatic carbocycles. The molecule has 0 saturated carbocycles. The van der Waals surface area contributed by atoms with Crippen molar-refractivity contribution in [2.24, 2.45) is 17.0 Å². The average molecular weight is 155 g/mol. The van der Waals surface area contributed by atoms with Crippen LogP contribution in [0.4, 0.5) is 0 Å². The van der Waals surface area contributed by atoms with Crippen molar-refractivity contribution >= 4 is 5.71 Å². The second-order valence-electron chi connectivity index (χ2n) is 3.83. The topological polar surface area (TPSA) is 21.6 Å². The van der Waals surface area contributed by atoms with Gasteiger partial charge >= 0.3 is 0 Å². The third-order valence-electron chi connectivity index (χ3n) is 2.13. The number of rotatable bonds is 2. The molecule has 1 heterocycles. The zero-order valence-corrected chi connectivity index (χ0v) is 7.79. The van der Waals surface area contributed by atoms with Crippen molar-refractivity contribution in [3.8, 4) is 0 Å². The van der Waals surface area contributed by atoms with Crippen LogP contribution in [0.1, 0.15) is 34.1 Å². The molecular weight excluding hydrogens is 138 g/mol. The van der Waals surface area contributed by atoms with Crippen molar-refractivity contribution < 1.29 is 4.84 Å². The van der Waals surface area contributed by atoms with Gasteiger partial charge < -0.3 is 4.84 Å². The molecule has 0 aromatic heterocycles. The quantitative estimate of drug-likeness (QED) is 0.600. The minimum atomic E-state index is 0.326. The van der Waals surface area contributed by atoms with Gasteiger partial charge in [0.1, 0.15) is 6.10 Å². The van der Waals surface area contributed by atoms with E-state index in [1.165, 1.54) is 5.71 Å². The van der Waals surface area contributed by atoms with Crippen LogP contribution in [0, 0.1) is 11.8 Å². The van der Waals surface area contributed by atoms with E-state index in [0.29, 0.717) is 17.9 Å². The van der Waals surface area contributed by atoms with Crippen LogP contribution in [-0.2, 0) is 4.84 Å². The lowest BCUT2D eigenvalue weighted by atomic mass is 9.97. The van der Waals surface area contributed by atoms with Crippen LogP contribution in [0.25, 0.3) is 0 Å². The minimum absolute atomic E-state index is 0.326. The smallest absolute Gasteiger partial charge is 0.135 e. The summed E-state index contributed by atoms with van der Waals surface area (Å²) in [5, 5.41) is 4.05. The summed E-state index contributed by atoms with van der Waals surface area (Å²) in [6.07, 6.45) is 1.35. The van der Waals surface area contributed by atoms with Crippen molar-refractivity contribution in [2.45, 2.75) is 40.2 Å². The third kappa shape index (κ3) is 1.95. The predicted octanol–water partition coefficient (Wildman–Crippen LogP) is 2.44. The van der Waals surface area contributed by atoms with Crippen LogP contribution in [0.3, 0.4) is 0 Å². The fourth-order valence-corrected chi connectivity index (χ4v) is 1.11. The van der Waals surface area contributed by atoms with Gasteiger partial charge in [-0.1, -0.05) is 32.9 Å². The molecule has 0 bridgehead atoms. The fourth-order valence-electron chi connectivity index (χ4n) is 1.11. The van der Waals surface area contributed by atoms with E-state index in [1.807, 2.05) is 0 Å². The van der Waals surface area contributed by atoms with Gasteiger partial charge in [-0.15, -0.1) is 0 Å². The van der Waals surface area contributed by atoms with Crippen LogP contribution < -0.4 is 0 Å². The van der Waals surface area contributed by atoms with E-state index in [4.69, 9.17) is 4.84 Å². The highest BCUT2D eigenvalue weighted by atomic mass is 16.6. The Hall–Kier alpha value is -0.530. The maximum absolute atomic E-state index is 5.28. The molecule has 0 aromatic carbocycles. The highest BCUT2D eigenvalue weighted by molar-refractivity contribution is 5.87. The molecule has 0 aromatic rings. The summed E-state index contributed by atoms with van der Waals surface area (Å²) in [4.78, 5) is 5.28. The monoisotopic (exact) mass is 155 g/mol. The maximum atomic E-state index is 5.28. The SMILES string of the molecule is CC(C)C1=NOC(C(C)C)C1. The molecule has 2 nitrogen and oxygen atoms in total. The van der Waals surface area contributed by atoms with Crippen molar-refractivity contribution in [2.75, 3.05) is 0 Å². The molecule has 1 unspecified atom stereocenters. The Balaban J connectivity index is 2.43. The van der Waals surface area contributed by atoms with Gasteiger partial charge in [0, 0.05) is 6.42 Å². The lowest BCUT2D eigenvalue weighted by Crippen LogP contribution is -2.16. The van der Waals surface area contributed by atoms with E-state index >= 15 is 0 Å². The number of oxime groups is 1. The standard InChI is InChI=1S/C9H17NO/c1-6(2)8-5-9(7(3)4)11-10-8/h6-7,9H,5H2,1-4H3. The Kier molecular flexibility index (Phi) is 2.53. The van der Waals surface area contributed by atoms with E-state index in [-0.39, 0.29) is 0 Å². The molecule has 0 fully saturated rings. The fraction of sp³-hybridized carbons (Fsp3) is 0.889. The van der Waals surface area contributed by atoms with Crippen LogP contribution >= 0.6 is 0 Å². The normalized spacial score (nSPS) is 24.2. The second-order valence-corrected chi connectivity index (χ2v) is 3.83. The van der Waals surface area contributed by atoms with Crippen molar-refractivity contribution in [1.29, 1.82) is 0 Å². The largest absolute Gasteiger partial charge is 0.392 e. The Morgan fingerprint density at radius 3 is 2.27 bits per heavy atom. The van der Waals surface area contributed by atoms with Gasteiger partial charge in [0.15, 0.2) is 0 Å². The lowest BCUT2D eigenvalue weighted by Gasteiger charge is -2.11. The Morgan fingerprint density at radius 2 is 2.00 bits per heavy atom. The van der Waals surface area contributed by atoms with Gasteiger partial charge in [0.05, 0.1) is 5.71 Å². The van der Waals surface area contributed by atoms with E-state index in [9.17, 15) is 0 Å². The maximum Gasteiger partial charge on any atom is 0.135 e. The van der Waals surface area contributed by atoms with E-state index in [0.717, 1.165) is 6.42 Å². The molecular formula is C9H17NO. The molecule has 1 aliphatic rings. The predicted molar refractivity (Wildman–Crippen MR) is 46.6 cm³/mol. The second kappa shape index (κ2) is 3.24. The third-order valence-corrected chi connectivity index (χ3v) is 2.13. The molecule has 1 rings (SSSR count). The zero-order chi connectivity index (χ0) is 8.43. The first-order valence-electron chi connectivity index (χ1n) is 4.34. The summed E-state index contributed by atoms with van der Waals surface area (Å²) in [5.41, 5.74) is 1.21. The van der Waals surface area contributed by atoms with Gasteiger partial charge in [-0.3, -0.25) is 0 Å². The molecule has 64 valence electrons. The summed E-state index contributed by atoms with van der Waals surface area (Å²) >= 11 is 0.